The second-order valence-electron chi connectivity index (χ2n) is 5.02. The lowest BCUT2D eigenvalue weighted by Gasteiger charge is -2.17. The van der Waals surface area contributed by atoms with Crippen molar-refractivity contribution < 1.29 is 9.90 Å². The van der Waals surface area contributed by atoms with Gasteiger partial charge in [0.25, 0.3) is 0 Å². The van der Waals surface area contributed by atoms with E-state index in [0.29, 0.717) is 12.5 Å². The summed E-state index contributed by atoms with van der Waals surface area (Å²) < 4.78 is 0. The van der Waals surface area contributed by atoms with Gasteiger partial charge in [-0.25, -0.2) is 0 Å². The lowest BCUT2D eigenvalue weighted by atomic mass is 9.95. The van der Waals surface area contributed by atoms with Crippen molar-refractivity contribution in [2.24, 2.45) is 17.6 Å². The summed E-state index contributed by atoms with van der Waals surface area (Å²) in [5, 5.41) is 12.4. The van der Waals surface area contributed by atoms with Gasteiger partial charge in [-0.05, 0) is 56.0 Å². The van der Waals surface area contributed by atoms with E-state index in [2.05, 4.69) is 5.32 Å². The van der Waals surface area contributed by atoms with Crippen LogP contribution in [-0.2, 0) is 4.79 Å². The van der Waals surface area contributed by atoms with Gasteiger partial charge in [0.1, 0.15) is 5.75 Å². The largest absolute Gasteiger partial charge is 0.508 e. The Morgan fingerprint density at radius 1 is 1.50 bits per heavy atom. The minimum absolute atomic E-state index is 0.0316. The van der Waals surface area contributed by atoms with Gasteiger partial charge in [0.15, 0.2) is 0 Å². The predicted molar refractivity (Wildman–Crippen MR) is 71.4 cm³/mol. The maximum absolute atomic E-state index is 12.2. The van der Waals surface area contributed by atoms with Crippen molar-refractivity contribution in [1.29, 1.82) is 0 Å². The summed E-state index contributed by atoms with van der Waals surface area (Å²) in [6.45, 7) is 2.38. The van der Waals surface area contributed by atoms with Gasteiger partial charge in [0.2, 0.25) is 5.91 Å². The van der Waals surface area contributed by atoms with Gasteiger partial charge < -0.3 is 16.2 Å². The van der Waals surface area contributed by atoms with E-state index in [1.807, 2.05) is 6.92 Å². The van der Waals surface area contributed by atoms with E-state index in [4.69, 9.17) is 5.73 Å². The Kier molecular flexibility index (Phi) is 3.87. The first-order valence-electron chi connectivity index (χ1n) is 6.42. The van der Waals surface area contributed by atoms with Gasteiger partial charge in [0.05, 0.1) is 0 Å². The smallest absolute Gasteiger partial charge is 0.227 e. The van der Waals surface area contributed by atoms with E-state index in [9.17, 15) is 9.90 Å². The first-order valence-corrected chi connectivity index (χ1v) is 6.42. The van der Waals surface area contributed by atoms with E-state index in [1.54, 1.807) is 18.2 Å². The van der Waals surface area contributed by atoms with Crippen LogP contribution in [-0.4, -0.2) is 17.6 Å². The third-order valence-electron chi connectivity index (χ3n) is 3.76. The number of hydrogen-bond donors (Lipinski definition) is 3. The summed E-state index contributed by atoms with van der Waals surface area (Å²) >= 11 is 0. The normalized spacial score (nSPS) is 23.0. The highest BCUT2D eigenvalue weighted by Crippen LogP contribution is 2.32. The zero-order valence-corrected chi connectivity index (χ0v) is 10.6. The van der Waals surface area contributed by atoms with Gasteiger partial charge >= 0.3 is 0 Å². The highest BCUT2D eigenvalue weighted by atomic mass is 16.3. The molecule has 1 aliphatic rings. The second-order valence-corrected chi connectivity index (χ2v) is 5.02. The number of aromatic hydroxyl groups is 1. The molecule has 1 aliphatic carbocycles. The van der Waals surface area contributed by atoms with E-state index >= 15 is 0 Å². The number of benzene rings is 1. The number of phenols is 1. The van der Waals surface area contributed by atoms with Gasteiger partial charge in [-0.1, -0.05) is 6.42 Å². The summed E-state index contributed by atoms with van der Waals surface area (Å²) in [7, 11) is 0. The molecule has 2 unspecified atom stereocenters. The number of phenolic OH excluding ortho intramolecular Hbond substituents is 1. The third kappa shape index (κ3) is 2.64. The quantitative estimate of drug-likeness (QED) is 0.716. The van der Waals surface area contributed by atoms with E-state index < -0.39 is 0 Å². The molecular weight excluding hydrogens is 228 g/mol. The molecule has 1 saturated carbocycles. The molecule has 1 aromatic rings. The van der Waals surface area contributed by atoms with Crippen LogP contribution in [0.4, 0.5) is 5.69 Å². The molecular formula is C14H20N2O2. The molecule has 1 fully saturated rings. The summed E-state index contributed by atoms with van der Waals surface area (Å²) in [6, 6.07) is 5.09. The Labute approximate surface area is 107 Å². The van der Waals surface area contributed by atoms with Gasteiger partial charge in [0, 0.05) is 11.6 Å². The summed E-state index contributed by atoms with van der Waals surface area (Å²) in [6.07, 6.45) is 3.04. The lowest BCUT2D eigenvalue weighted by Crippen LogP contribution is -2.29. The van der Waals surface area contributed by atoms with Crippen LogP contribution < -0.4 is 11.1 Å². The minimum atomic E-state index is 0.0316. The van der Waals surface area contributed by atoms with Crippen molar-refractivity contribution in [3.05, 3.63) is 23.8 Å². The number of anilines is 1. The SMILES string of the molecule is Cc1cc(NC(=O)C2CCCC2CN)ccc1O. The van der Waals surface area contributed by atoms with Crippen molar-refractivity contribution in [2.75, 3.05) is 11.9 Å². The maximum Gasteiger partial charge on any atom is 0.227 e. The molecule has 0 spiro atoms. The lowest BCUT2D eigenvalue weighted by molar-refractivity contribution is -0.120. The Hall–Kier alpha value is -1.55. The van der Waals surface area contributed by atoms with Crippen molar-refractivity contribution in [3.63, 3.8) is 0 Å². The molecule has 2 atom stereocenters. The number of carbonyl (C=O) groups is 1. The standard InChI is InChI=1S/C14H20N2O2/c1-9-7-11(5-6-13(9)17)16-14(18)12-4-2-3-10(12)8-15/h5-7,10,12,17H,2-4,8,15H2,1H3,(H,16,18). The van der Waals surface area contributed by atoms with E-state index in [1.165, 1.54) is 0 Å². The Balaban J connectivity index is 2.04. The Morgan fingerprint density at radius 3 is 2.94 bits per heavy atom. The highest BCUT2D eigenvalue weighted by Gasteiger charge is 2.31. The number of nitrogens with two attached hydrogens (primary N) is 1. The van der Waals surface area contributed by atoms with Crippen LogP contribution in [0.3, 0.4) is 0 Å². The third-order valence-corrected chi connectivity index (χ3v) is 3.76. The molecule has 0 saturated heterocycles. The first kappa shape index (κ1) is 12.9. The molecule has 0 bridgehead atoms. The molecule has 4 heteroatoms. The average Bonchev–Trinajstić information content (AvgIpc) is 2.82. The monoisotopic (exact) mass is 248 g/mol. The molecule has 98 valence electrons. The van der Waals surface area contributed by atoms with Crippen LogP contribution in [0.15, 0.2) is 18.2 Å². The number of rotatable bonds is 3. The van der Waals surface area contributed by atoms with Crippen molar-refractivity contribution >= 4 is 11.6 Å². The van der Waals surface area contributed by atoms with Crippen LogP contribution in [0.5, 0.6) is 5.75 Å². The highest BCUT2D eigenvalue weighted by molar-refractivity contribution is 5.93. The Morgan fingerprint density at radius 2 is 2.28 bits per heavy atom. The van der Waals surface area contributed by atoms with Crippen LogP contribution in [0.2, 0.25) is 0 Å². The number of aryl methyl sites for hydroxylation is 1. The van der Waals surface area contributed by atoms with Crippen molar-refractivity contribution in [3.8, 4) is 5.75 Å². The molecule has 1 aromatic carbocycles. The van der Waals surface area contributed by atoms with Crippen LogP contribution >= 0.6 is 0 Å². The molecule has 18 heavy (non-hydrogen) atoms. The maximum atomic E-state index is 12.2. The first-order chi connectivity index (χ1) is 8.61. The Bertz CT molecular complexity index is 445. The molecule has 0 aliphatic heterocycles. The fourth-order valence-electron chi connectivity index (χ4n) is 2.63. The van der Waals surface area contributed by atoms with E-state index in [0.717, 1.165) is 30.5 Å². The fraction of sp³-hybridized carbons (Fsp3) is 0.500. The van der Waals surface area contributed by atoms with Crippen LogP contribution in [0.25, 0.3) is 0 Å². The van der Waals surface area contributed by atoms with Crippen molar-refractivity contribution in [2.45, 2.75) is 26.2 Å². The molecule has 0 radical (unpaired) electrons. The second kappa shape index (κ2) is 5.40. The average molecular weight is 248 g/mol. The number of nitrogens with one attached hydrogen (secondary N) is 1. The van der Waals surface area contributed by atoms with Crippen molar-refractivity contribution in [1.82, 2.24) is 0 Å². The number of amides is 1. The number of carbonyl (C=O) groups excluding carboxylic acids is 1. The summed E-state index contributed by atoms with van der Waals surface area (Å²) in [4.78, 5) is 12.2. The predicted octanol–water partition coefficient (Wildman–Crippen LogP) is 2.01. The van der Waals surface area contributed by atoms with Gasteiger partial charge in [-0.15, -0.1) is 0 Å². The number of hydrogen-bond acceptors (Lipinski definition) is 3. The summed E-state index contributed by atoms with van der Waals surface area (Å²) in [5.41, 5.74) is 7.18. The molecule has 1 amide bonds. The zero-order chi connectivity index (χ0) is 13.1. The topological polar surface area (TPSA) is 75.4 Å². The molecule has 4 nitrogen and oxygen atoms in total. The zero-order valence-electron chi connectivity index (χ0n) is 10.6. The fourth-order valence-corrected chi connectivity index (χ4v) is 2.63. The minimum Gasteiger partial charge on any atom is -0.508 e. The van der Waals surface area contributed by atoms with Gasteiger partial charge in [-0.3, -0.25) is 4.79 Å². The van der Waals surface area contributed by atoms with Crippen LogP contribution in [0, 0.1) is 18.8 Å². The molecule has 4 N–H and O–H groups in total. The van der Waals surface area contributed by atoms with Crippen LogP contribution in [0.1, 0.15) is 24.8 Å². The molecule has 0 heterocycles. The molecule has 2 rings (SSSR count). The summed E-state index contributed by atoms with van der Waals surface area (Å²) in [5.74, 6) is 0.633. The molecule has 0 aromatic heterocycles. The van der Waals surface area contributed by atoms with Gasteiger partial charge in [-0.2, -0.15) is 0 Å². The van der Waals surface area contributed by atoms with E-state index in [-0.39, 0.29) is 17.6 Å².